The third kappa shape index (κ3) is 8.43. The molecule has 182 valence electrons. The first-order valence-electron chi connectivity index (χ1n) is 11.7. The van der Waals surface area contributed by atoms with Crippen LogP contribution in [0.25, 0.3) is 0 Å². The van der Waals surface area contributed by atoms with Gasteiger partial charge in [-0.25, -0.2) is 0 Å². The summed E-state index contributed by atoms with van der Waals surface area (Å²) >= 11 is 0. The van der Waals surface area contributed by atoms with Crippen molar-refractivity contribution in [3.8, 4) is 0 Å². The van der Waals surface area contributed by atoms with Gasteiger partial charge in [0.2, 0.25) is 0 Å². The zero-order chi connectivity index (χ0) is 24.3. The van der Waals surface area contributed by atoms with E-state index in [1.165, 1.54) is 0 Å². The van der Waals surface area contributed by atoms with Crippen LogP contribution in [-0.4, -0.2) is 52.6 Å². The second-order valence-corrected chi connectivity index (χ2v) is 21.8. The molecule has 7 heteroatoms. The molecule has 0 aliphatic carbocycles. The molecule has 1 aliphatic rings. The van der Waals surface area contributed by atoms with Gasteiger partial charge in [-0.3, -0.25) is 4.79 Å². The molecule has 0 saturated carbocycles. The van der Waals surface area contributed by atoms with Gasteiger partial charge in [-0.15, -0.1) is 0 Å². The van der Waals surface area contributed by atoms with E-state index in [2.05, 4.69) is 73.8 Å². The Morgan fingerprint density at radius 3 is 2.00 bits per heavy atom. The second kappa shape index (κ2) is 10.6. The van der Waals surface area contributed by atoms with Crippen LogP contribution in [0, 0.1) is 5.92 Å². The van der Waals surface area contributed by atoms with Crippen molar-refractivity contribution in [1.82, 2.24) is 0 Å². The Balaban J connectivity index is 2.77. The number of aliphatic hydroxyl groups is 1. The van der Waals surface area contributed by atoms with Gasteiger partial charge >= 0.3 is 5.97 Å². The van der Waals surface area contributed by atoms with Crippen molar-refractivity contribution in [3.63, 3.8) is 0 Å². The number of rotatable bonds is 10. The maximum absolute atomic E-state index is 11.5. The molecule has 1 heterocycles. The van der Waals surface area contributed by atoms with Crippen LogP contribution >= 0.6 is 0 Å². The molecule has 31 heavy (non-hydrogen) atoms. The molecule has 1 saturated heterocycles. The fourth-order valence-electron chi connectivity index (χ4n) is 3.03. The molecule has 1 rings (SSSR count). The predicted octanol–water partition coefficient (Wildman–Crippen LogP) is 6.05. The Hall–Kier alpha value is -0.476. The van der Waals surface area contributed by atoms with Gasteiger partial charge < -0.3 is 18.7 Å². The molecule has 4 atom stereocenters. The molecule has 0 bridgehead atoms. The lowest BCUT2D eigenvalue weighted by Crippen LogP contribution is -2.47. The zero-order valence-electron chi connectivity index (χ0n) is 21.9. The van der Waals surface area contributed by atoms with E-state index < -0.39 is 28.8 Å². The summed E-state index contributed by atoms with van der Waals surface area (Å²) in [5.41, 5.74) is 0. The lowest BCUT2D eigenvalue weighted by atomic mass is 9.97. The lowest BCUT2D eigenvalue weighted by molar-refractivity contribution is -0.145. The monoisotopic (exact) mass is 472 g/mol. The summed E-state index contributed by atoms with van der Waals surface area (Å²) in [6.07, 6.45) is 4.59. The van der Waals surface area contributed by atoms with Gasteiger partial charge in [-0.05, 0) is 49.1 Å². The Bertz CT molecular complexity index is 616. The standard InChI is InChI=1S/C24H48O5Si2/c1-18-16-21(26)28-22(18)20(25)15-13-12-14-19(29-31(10,11)24(5,6)7)17-27-30(8,9)23(2,3)4/h12-13,18-20,22,25H,14-17H2,1-11H3/b13-12-/t18-,19?,20-,22-/m0/s1. The molecule has 0 aromatic rings. The summed E-state index contributed by atoms with van der Waals surface area (Å²) in [4.78, 5) is 11.5. The fraction of sp³-hybridized carbons (Fsp3) is 0.875. The summed E-state index contributed by atoms with van der Waals surface area (Å²) < 4.78 is 18.5. The van der Waals surface area contributed by atoms with Crippen molar-refractivity contribution < 1.29 is 23.5 Å². The number of cyclic esters (lactones) is 1. The number of ether oxygens (including phenoxy) is 1. The molecule has 1 N–H and O–H groups in total. The second-order valence-electron chi connectivity index (χ2n) is 12.2. The quantitative estimate of drug-likeness (QED) is 0.238. The molecular weight excluding hydrogens is 424 g/mol. The Labute approximate surface area is 193 Å². The van der Waals surface area contributed by atoms with Crippen LogP contribution in [0.15, 0.2) is 12.2 Å². The SMILES string of the molecule is C[C@H]1CC(=O)O[C@@H]1[C@@H](O)C/C=C\CC(CO[Si](C)(C)C(C)(C)C)O[Si](C)(C)C(C)(C)C. The van der Waals surface area contributed by atoms with E-state index in [-0.39, 0.29) is 28.1 Å². The number of esters is 1. The minimum Gasteiger partial charge on any atom is -0.459 e. The highest BCUT2D eigenvalue weighted by Crippen LogP contribution is 2.39. The average Bonchev–Trinajstić information content (AvgIpc) is 2.92. The van der Waals surface area contributed by atoms with Crippen molar-refractivity contribution in [2.75, 3.05) is 6.61 Å². The Morgan fingerprint density at radius 2 is 1.55 bits per heavy atom. The minimum absolute atomic E-state index is 0.00774. The van der Waals surface area contributed by atoms with E-state index in [4.69, 9.17) is 13.6 Å². The number of carbonyl (C=O) groups excluding carboxylic acids is 1. The topological polar surface area (TPSA) is 65.0 Å². The molecule has 1 unspecified atom stereocenters. The minimum atomic E-state index is -1.94. The maximum Gasteiger partial charge on any atom is 0.306 e. The summed E-state index contributed by atoms with van der Waals surface area (Å²) in [5.74, 6) is -0.158. The van der Waals surface area contributed by atoms with Crippen LogP contribution in [0.3, 0.4) is 0 Å². The largest absolute Gasteiger partial charge is 0.459 e. The third-order valence-electron chi connectivity index (χ3n) is 7.34. The van der Waals surface area contributed by atoms with E-state index in [0.717, 1.165) is 6.42 Å². The van der Waals surface area contributed by atoms with Crippen molar-refractivity contribution >= 4 is 22.6 Å². The zero-order valence-corrected chi connectivity index (χ0v) is 23.9. The number of carbonyl (C=O) groups is 1. The normalized spacial score (nSPS) is 23.3. The van der Waals surface area contributed by atoms with E-state index in [9.17, 15) is 9.90 Å². The summed E-state index contributed by atoms with van der Waals surface area (Å²) in [5, 5.41) is 10.7. The predicted molar refractivity (Wildman–Crippen MR) is 133 cm³/mol. The first kappa shape index (κ1) is 28.6. The van der Waals surface area contributed by atoms with E-state index in [0.29, 0.717) is 19.4 Å². The first-order chi connectivity index (χ1) is 13.9. The van der Waals surface area contributed by atoms with E-state index in [1.807, 2.05) is 13.0 Å². The highest BCUT2D eigenvalue weighted by Gasteiger charge is 2.41. The molecule has 5 nitrogen and oxygen atoms in total. The van der Waals surface area contributed by atoms with Crippen LogP contribution in [0.5, 0.6) is 0 Å². The highest BCUT2D eigenvalue weighted by atomic mass is 28.4. The van der Waals surface area contributed by atoms with Gasteiger partial charge in [0, 0.05) is 5.92 Å². The fourth-order valence-corrected chi connectivity index (χ4v) is 5.42. The van der Waals surface area contributed by atoms with Gasteiger partial charge in [-0.2, -0.15) is 0 Å². The third-order valence-corrected chi connectivity index (χ3v) is 16.4. The molecule has 1 fully saturated rings. The molecule has 0 amide bonds. The van der Waals surface area contributed by atoms with Crippen LogP contribution in [0.1, 0.15) is 67.7 Å². The van der Waals surface area contributed by atoms with Crippen molar-refractivity contribution in [2.45, 2.75) is 122 Å². The van der Waals surface area contributed by atoms with Gasteiger partial charge in [-0.1, -0.05) is 60.6 Å². The van der Waals surface area contributed by atoms with Crippen molar-refractivity contribution in [1.29, 1.82) is 0 Å². The van der Waals surface area contributed by atoms with Crippen LogP contribution in [0.2, 0.25) is 36.3 Å². The molecule has 0 spiro atoms. The van der Waals surface area contributed by atoms with Gasteiger partial charge in [0.15, 0.2) is 16.6 Å². The van der Waals surface area contributed by atoms with Crippen molar-refractivity contribution in [2.24, 2.45) is 5.92 Å². The smallest absolute Gasteiger partial charge is 0.306 e. The van der Waals surface area contributed by atoms with Gasteiger partial charge in [0.25, 0.3) is 0 Å². The van der Waals surface area contributed by atoms with Crippen LogP contribution < -0.4 is 0 Å². The van der Waals surface area contributed by atoms with Gasteiger partial charge in [0.05, 0.1) is 25.2 Å². The molecule has 0 radical (unpaired) electrons. The highest BCUT2D eigenvalue weighted by molar-refractivity contribution is 6.74. The Morgan fingerprint density at radius 1 is 1.03 bits per heavy atom. The average molecular weight is 473 g/mol. The summed E-state index contributed by atoms with van der Waals surface area (Å²) in [7, 11) is -3.80. The van der Waals surface area contributed by atoms with Crippen LogP contribution in [0.4, 0.5) is 0 Å². The molecule has 0 aromatic heterocycles. The van der Waals surface area contributed by atoms with E-state index in [1.54, 1.807) is 0 Å². The summed E-state index contributed by atoms with van der Waals surface area (Å²) in [6.45, 7) is 25.1. The van der Waals surface area contributed by atoms with Crippen molar-refractivity contribution in [3.05, 3.63) is 12.2 Å². The molecule has 1 aliphatic heterocycles. The number of aliphatic hydroxyl groups excluding tert-OH is 1. The summed E-state index contributed by atoms with van der Waals surface area (Å²) in [6, 6.07) is 0. The van der Waals surface area contributed by atoms with E-state index >= 15 is 0 Å². The number of hydrogen-bond donors (Lipinski definition) is 1. The number of hydrogen-bond acceptors (Lipinski definition) is 5. The maximum atomic E-state index is 11.5. The van der Waals surface area contributed by atoms with Crippen LogP contribution in [-0.2, 0) is 18.4 Å². The van der Waals surface area contributed by atoms with Gasteiger partial charge in [0.1, 0.15) is 6.10 Å². The lowest BCUT2D eigenvalue weighted by Gasteiger charge is -2.41. The molecule has 0 aromatic carbocycles. The molecular formula is C24H48O5Si2. The first-order valence-corrected chi connectivity index (χ1v) is 17.5. The Kier molecular flexibility index (Phi) is 9.80.